The molecule has 0 saturated heterocycles. The summed E-state index contributed by atoms with van der Waals surface area (Å²) in [5.74, 6) is -0.308. The highest BCUT2D eigenvalue weighted by molar-refractivity contribution is 5.66. The molecule has 0 fully saturated rings. The zero-order chi connectivity index (χ0) is 12.3. The molecule has 2 N–H and O–H groups in total. The first-order valence-corrected chi connectivity index (χ1v) is 5.23. The van der Waals surface area contributed by atoms with E-state index in [1.165, 1.54) is 6.07 Å². The first kappa shape index (κ1) is 11.3. The van der Waals surface area contributed by atoms with E-state index in [9.17, 15) is 4.39 Å². The number of benzene rings is 2. The molecule has 3 heteroatoms. The molecule has 2 nitrogen and oxygen atoms in total. The van der Waals surface area contributed by atoms with Gasteiger partial charge < -0.3 is 5.73 Å². The summed E-state index contributed by atoms with van der Waals surface area (Å²) in [6.45, 7) is 0.366. The van der Waals surface area contributed by atoms with Crippen LogP contribution < -0.4 is 5.73 Å². The van der Waals surface area contributed by atoms with E-state index in [1.54, 1.807) is 36.4 Å². The molecule has 0 amide bonds. The van der Waals surface area contributed by atoms with Gasteiger partial charge in [0, 0.05) is 12.1 Å². The number of nitrogens with two attached hydrogens (primary N) is 1. The molecular weight excluding hydrogens is 215 g/mol. The lowest BCUT2D eigenvalue weighted by atomic mass is 10.0. The summed E-state index contributed by atoms with van der Waals surface area (Å²) in [6.07, 6.45) is 0. The van der Waals surface area contributed by atoms with Crippen molar-refractivity contribution in [1.29, 1.82) is 5.26 Å². The summed E-state index contributed by atoms with van der Waals surface area (Å²) < 4.78 is 13.7. The van der Waals surface area contributed by atoms with Crippen molar-refractivity contribution >= 4 is 0 Å². The van der Waals surface area contributed by atoms with Crippen molar-refractivity contribution in [3.8, 4) is 17.2 Å². The first-order valence-electron chi connectivity index (χ1n) is 5.23. The third-order valence-electron chi connectivity index (χ3n) is 2.57. The van der Waals surface area contributed by atoms with Gasteiger partial charge in [-0.2, -0.15) is 5.26 Å². The maximum absolute atomic E-state index is 13.7. The van der Waals surface area contributed by atoms with Crippen LogP contribution in [0.5, 0.6) is 0 Å². The predicted octanol–water partition coefficient (Wildman–Crippen LogP) is 2.82. The molecule has 0 bridgehead atoms. The molecule has 84 valence electrons. The van der Waals surface area contributed by atoms with E-state index in [0.29, 0.717) is 23.2 Å². The number of hydrogen-bond donors (Lipinski definition) is 1. The van der Waals surface area contributed by atoms with E-state index in [1.807, 2.05) is 6.07 Å². The molecule has 0 heterocycles. The number of rotatable bonds is 2. The summed E-state index contributed by atoms with van der Waals surface area (Å²) in [4.78, 5) is 0. The van der Waals surface area contributed by atoms with Crippen LogP contribution in [0, 0.1) is 17.1 Å². The summed E-state index contributed by atoms with van der Waals surface area (Å²) in [7, 11) is 0. The van der Waals surface area contributed by atoms with Crippen molar-refractivity contribution in [3.63, 3.8) is 0 Å². The van der Waals surface area contributed by atoms with Crippen LogP contribution in [-0.2, 0) is 6.54 Å². The van der Waals surface area contributed by atoms with E-state index in [-0.39, 0.29) is 5.82 Å². The van der Waals surface area contributed by atoms with Crippen LogP contribution in [-0.4, -0.2) is 0 Å². The van der Waals surface area contributed by atoms with Crippen molar-refractivity contribution in [3.05, 3.63) is 59.4 Å². The quantitative estimate of drug-likeness (QED) is 0.856. The van der Waals surface area contributed by atoms with Crippen molar-refractivity contribution in [2.75, 3.05) is 0 Å². The van der Waals surface area contributed by atoms with Gasteiger partial charge in [-0.15, -0.1) is 0 Å². The van der Waals surface area contributed by atoms with E-state index >= 15 is 0 Å². The van der Waals surface area contributed by atoms with Crippen molar-refractivity contribution in [1.82, 2.24) is 0 Å². The van der Waals surface area contributed by atoms with Gasteiger partial charge >= 0.3 is 0 Å². The highest BCUT2D eigenvalue weighted by Gasteiger charge is 2.06. The fraction of sp³-hybridized carbons (Fsp3) is 0.0714. The van der Waals surface area contributed by atoms with Crippen LogP contribution in [0.3, 0.4) is 0 Å². The lowest BCUT2D eigenvalue weighted by molar-refractivity contribution is 0.630. The lowest BCUT2D eigenvalue weighted by Crippen LogP contribution is -1.97. The molecule has 0 unspecified atom stereocenters. The fourth-order valence-electron chi connectivity index (χ4n) is 1.68. The fourth-order valence-corrected chi connectivity index (χ4v) is 1.68. The molecule has 0 atom stereocenters. The van der Waals surface area contributed by atoms with Gasteiger partial charge in [-0.25, -0.2) is 4.39 Å². The van der Waals surface area contributed by atoms with Gasteiger partial charge in [-0.1, -0.05) is 18.2 Å². The minimum atomic E-state index is -0.308. The van der Waals surface area contributed by atoms with Gasteiger partial charge in [0.2, 0.25) is 0 Å². The largest absolute Gasteiger partial charge is 0.326 e. The van der Waals surface area contributed by atoms with E-state index in [0.717, 1.165) is 5.56 Å². The molecule has 0 spiro atoms. The van der Waals surface area contributed by atoms with Crippen molar-refractivity contribution in [2.45, 2.75) is 6.54 Å². The second-order valence-corrected chi connectivity index (χ2v) is 3.71. The summed E-state index contributed by atoms with van der Waals surface area (Å²) in [5, 5.41) is 8.82. The maximum atomic E-state index is 13.7. The Balaban J connectivity index is 2.55. The van der Waals surface area contributed by atoms with E-state index in [4.69, 9.17) is 11.0 Å². The van der Waals surface area contributed by atoms with Crippen LogP contribution in [0.15, 0.2) is 42.5 Å². The first-order chi connectivity index (χ1) is 8.24. The van der Waals surface area contributed by atoms with Gasteiger partial charge in [-0.05, 0) is 35.4 Å². The van der Waals surface area contributed by atoms with E-state index < -0.39 is 0 Å². The lowest BCUT2D eigenvalue weighted by Gasteiger charge is -2.06. The van der Waals surface area contributed by atoms with Gasteiger partial charge in [0.1, 0.15) is 5.82 Å². The third kappa shape index (κ3) is 2.32. The monoisotopic (exact) mass is 226 g/mol. The topological polar surface area (TPSA) is 49.8 Å². The molecule has 0 saturated carbocycles. The molecule has 17 heavy (non-hydrogen) atoms. The van der Waals surface area contributed by atoms with Crippen LogP contribution in [0.1, 0.15) is 11.1 Å². The molecule has 0 aromatic heterocycles. The summed E-state index contributed by atoms with van der Waals surface area (Å²) in [6, 6.07) is 13.7. The van der Waals surface area contributed by atoms with Crippen LogP contribution in [0.2, 0.25) is 0 Å². The summed E-state index contributed by atoms with van der Waals surface area (Å²) >= 11 is 0. The normalized spacial score (nSPS) is 9.94. The average molecular weight is 226 g/mol. The molecule has 2 rings (SSSR count). The zero-order valence-corrected chi connectivity index (χ0v) is 9.15. The number of nitriles is 1. The van der Waals surface area contributed by atoms with Crippen LogP contribution in [0.4, 0.5) is 4.39 Å². The molecular formula is C14H11FN2. The van der Waals surface area contributed by atoms with Gasteiger partial charge in [-0.3, -0.25) is 0 Å². The molecule has 0 radical (unpaired) electrons. The molecule has 2 aromatic rings. The minimum absolute atomic E-state index is 0.308. The molecule has 0 aliphatic rings. The van der Waals surface area contributed by atoms with Crippen LogP contribution in [0.25, 0.3) is 11.1 Å². The average Bonchev–Trinajstić information content (AvgIpc) is 2.39. The third-order valence-corrected chi connectivity index (χ3v) is 2.57. The molecule has 0 aliphatic carbocycles. The second kappa shape index (κ2) is 4.77. The van der Waals surface area contributed by atoms with E-state index in [2.05, 4.69) is 0 Å². The Bertz CT molecular complexity index is 585. The number of nitrogens with zero attached hydrogens (tertiary/aromatic N) is 1. The Morgan fingerprint density at radius 2 is 2.00 bits per heavy atom. The standard InChI is InChI=1S/C14H11FN2/c15-14-5-4-11(9-17)7-13(14)12-3-1-2-10(6-12)8-16/h1-7H,9,17H2. The Morgan fingerprint density at radius 1 is 1.18 bits per heavy atom. The molecule has 2 aromatic carbocycles. The van der Waals surface area contributed by atoms with Crippen molar-refractivity contribution in [2.24, 2.45) is 5.73 Å². The van der Waals surface area contributed by atoms with Gasteiger partial charge in [0.05, 0.1) is 11.6 Å². The number of halogens is 1. The van der Waals surface area contributed by atoms with Gasteiger partial charge in [0.25, 0.3) is 0 Å². The smallest absolute Gasteiger partial charge is 0.131 e. The predicted molar refractivity (Wildman–Crippen MR) is 64.4 cm³/mol. The Kier molecular flexibility index (Phi) is 3.17. The number of hydrogen-bond acceptors (Lipinski definition) is 2. The maximum Gasteiger partial charge on any atom is 0.131 e. The van der Waals surface area contributed by atoms with Crippen molar-refractivity contribution < 1.29 is 4.39 Å². The minimum Gasteiger partial charge on any atom is -0.326 e. The SMILES string of the molecule is N#Cc1cccc(-c2cc(CN)ccc2F)c1. The highest BCUT2D eigenvalue weighted by atomic mass is 19.1. The molecule has 0 aliphatic heterocycles. The zero-order valence-electron chi connectivity index (χ0n) is 9.15. The van der Waals surface area contributed by atoms with Crippen LogP contribution >= 0.6 is 0 Å². The van der Waals surface area contributed by atoms with Gasteiger partial charge in [0.15, 0.2) is 0 Å². The highest BCUT2D eigenvalue weighted by Crippen LogP contribution is 2.24. The second-order valence-electron chi connectivity index (χ2n) is 3.71. The Hall–Kier alpha value is -2.18. The summed E-state index contributed by atoms with van der Waals surface area (Å²) in [5.41, 5.74) is 8.08. The Labute approximate surface area is 99.1 Å². The Morgan fingerprint density at radius 3 is 2.71 bits per heavy atom.